The number of phosphoric acid groups is 1. The van der Waals surface area contributed by atoms with Gasteiger partial charge in [0.1, 0.15) is 43.2 Å². The summed E-state index contributed by atoms with van der Waals surface area (Å²) in [6, 6.07) is 0. The highest BCUT2D eigenvalue weighted by Gasteiger charge is 2.51. The van der Waals surface area contributed by atoms with Crippen molar-refractivity contribution in [1.29, 1.82) is 0 Å². The van der Waals surface area contributed by atoms with Gasteiger partial charge in [0.2, 0.25) is 0 Å². The quantitative estimate of drug-likeness (QED) is 0.0146. The molecule has 1 saturated carbocycles. The van der Waals surface area contributed by atoms with Crippen LogP contribution in [0.5, 0.6) is 0 Å². The number of rotatable bonds is 43. The fourth-order valence-corrected chi connectivity index (χ4v) is 8.71. The Bertz CT molecular complexity index is 1340. The van der Waals surface area contributed by atoms with Crippen molar-refractivity contribution in [3.05, 3.63) is 48.6 Å². The van der Waals surface area contributed by atoms with Gasteiger partial charge in [0.25, 0.3) is 0 Å². The van der Waals surface area contributed by atoms with Gasteiger partial charge in [0, 0.05) is 12.8 Å². The van der Waals surface area contributed by atoms with Crippen LogP contribution >= 0.6 is 7.82 Å². The first-order valence-corrected chi connectivity index (χ1v) is 27.4. The summed E-state index contributed by atoms with van der Waals surface area (Å²) in [4.78, 5) is 35.8. The Kier molecular flexibility index (Phi) is 39.1. The number of ether oxygens (including phenoxy) is 2. The highest BCUT2D eigenvalue weighted by atomic mass is 31.2. The Labute approximate surface area is 399 Å². The van der Waals surface area contributed by atoms with E-state index in [1.165, 1.54) is 109 Å². The fraction of sp³-hybridized carbons (Fsp3) is 0.808. The smallest absolute Gasteiger partial charge is 0.462 e. The molecule has 0 radical (unpaired) electrons. The van der Waals surface area contributed by atoms with E-state index in [0.29, 0.717) is 12.8 Å². The summed E-state index contributed by atoms with van der Waals surface area (Å²) in [6.07, 6.45) is 37.3. The number of esters is 2. The molecule has 0 amide bonds. The van der Waals surface area contributed by atoms with Crippen molar-refractivity contribution in [2.45, 2.75) is 256 Å². The molecular weight excluding hydrogens is 864 g/mol. The summed E-state index contributed by atoms with van der Waals surface area (Å²) in [6.45, 7) is 3.27. The highest BCUT2D eigenvalue weighted by Crippen LogP contribution is 2.47. The van der Waals surface area contributed by atoms with Gasteiger partial charge in [-0.1, -0.05) is 191 Å². The van der Waals surface area contributed by atoms with Gasteiger partial charge >= 0.3 is 19.8 Å². The molecule has 6 N–H and O–H groups in total. The average molecular weight is 957 g/mol. The topological polar surface area (TPSA) is 210 Å². The molecule has 66 heavy (non-hydrogen) atoms. The van der Waals surface area contributed by atoms with Crippen LogP contribution in [0.15, 0.2) is 48.6 Å². The van der Waals surface area contributed by atoms with Crippen molar-refractivity contribution in [1.82, 2.24) is 0 Å². The highest BCUT2D eigenvalue weighted by molar-refractivity contribution is 7.47. The molecule has 0 spiro atoms. The molecule has 384 valence electrons. The van der Waals surface area contributed by atoms with E-state index in [4.69, 9.17) is 18.5 Å². The third-order valence-corrected chi connectivity index (χ3v) is 12.9. The number of aliphatic hydroxyl groups is 5. The molecule has 1 aliphatic carbocycles. The Morgan fingerprint density at radius 2 is 0.818 bits per heavy atom. The van der Waals surface area contributed by atoms with Crippen molar-refractivity contribution in [3.8, 4) is 0 Å². The minimum Gasteiger partial charge on any atom is -0.462 e. The van der Waals surface area contributed by atoms with Gasteiger partial charge < -0.3 is 39.9 Å². The summed E-state index contributed by atoms with van der Waals surface area (Å²) in [5.41, 5.74) is 0. The Morgan fingerprint density at radius 3 is 1.27 bits per heavy atom. The van der Waals surface area contributed by atoms with E-state index in [1.807, 2.05) is 0 Å². The summed E-state index contributed by atoms with van der Waals surface area (Å²) < 4.78 is 33.6. The van der Waals surface area contributed by atoms with Crippen LogP contribution in [-0.4, -0.2) is 98.3 Å². The van der Waals surface area contributed by atoms with Gasteiger partial charge in [-0.05, 0) is 57.8 Å². The molecule has 0 aromatic heterocycles. The van der Waals surface area contributed by atoms with Gasteiger partial charge in [-0.25, -0.2) is 4.57 Å². The van der Waals surface area contributed by atoms with Crippen molar-refractivity contribution < 1.29 is 63.1 Å². The van der Waals surface area contributed by atoms with Crippen LogP contribution in [0.2, 0.25) is 0 Å². The Balaban J connectivity index is 2.43. The minimum atomic E-state index is -5.13. The van der Waals surface area contributed by atoms with Crippen LogP contribution in [-0.2, 0) is 32.7 Å². The first kappa shape index (κ1) is 61.8. The second-order valence-electron chi connectivity index (χ2n) is 18.0. The van der Waals surface area contributed by atoms with Gasteiger partial charge in [-0.3, -0.25) is 18.6 Å². The van der Waals surface area contributed by atoms with Gasteiger partial charge in [-0.15, -0.1) is 0 Å². The molecule has 0 aliphatic heterocycles. The third kappa shape index (κ3) is 33.3. The molecule has 1 aliphatic rings. The van der Waals surface area contributed by atoms with E-state index >= 15 is 0 Å². The molecule has 0 bridgehead atoms. The standard InChI is InChI=1S/C52H93O13P/c1-3-5-7-9-11-13-15-17-19-21-23-25-27-29-31-33-35-37-39-41-46(54)64-44(43-63-66(60,61)65-52-50(58)48(56)47(55)49(57)51(52)59)42-62-45(53)40-38-36-34-32-30-28-26-24-22-20-18-16-14-12-10-8-6-4-2/h11,13,17,19,23,25,29,31,44,47-52,55-59H,3-10,12,14-16,18,20-22,24,26-28,30,32-43H2,1-2H3,(H,60,61)/b13-11+,19-17+,25-23+,31-29+/t44-,47?,48-,49?,50?,51?,52?/m0/s1. The molecule has 8 atom stereocenters. The first-order chi connectivity index (χ1) is 31.9. The van der Waals surface area contributed by atoms with Crippen LogP contribution in [0.1, 0.15) is 213 Å². The zero-order valence-electron chi connectivity index (χ0n) is 41.0. The largest absolute Gasteiger partial charge is 0.472 e. The van der Waals surface area contributed by atoms with E-state index in [9.17, 15) is 44.6 Å². The number of hydrogen-bond donors (Lipinski definition) is 6. The molecule has 6 unspecified atom stereocenters. The first-order valence-electron chi connectivity index (χ1n) is 25.9. The predicted octanol–water partition coefficient (Wildman–Crippen LogP) is 11.1. The lowest BCUT2D eigenvalue weighted by atomic mass is 9.85. The summed E-state index contributed by atoms with van der Waals surface area (Å²) >= 11 is 0. The number of unbranched alkanes of at least 4 members (excludes halogenated alkanes) is 23. The number of phosphoric ester groups is 1. The van der Waals surface area contributed by atoms with Crippen molar-refractivity contribution >= 4 is 19.8 Å². The van der Waals surface area contributed by atoms with Crippen LogP contribution in [0, 0.1) is 0 Å². The number of carbonyl (C=O) groups excluding carboxylic acids is 2. The zero-order valence-corrected chi connectivity index (χ0v) is 41.9. The van der Waals surface area contributed by atoms with Gasteiger partial charge in [0.15, 0.2) is 6.10 Å². The predicted molar refractivity (Wildman–Crippen MR) is 263 cm³/mol. The lowest BCUT2D eigenvalue weighted by molar-refractivity contribution is -0.220. The molecule has 0 heterocycles. The number of allylic oxidation sites excluding steroid dienone is 8. The Hall–Kier alpha value is -2.19. The number of carbonyl (C=O) groups is 2. The lowest BCUT2D eigenvalue weighted by Gasteiger charge is -2.41. The van der Waals surface area contributed by atoms with Crippen molar-refractivity contribution in [2.24, 2.45) is 0 Å². The second-order valence-corrected chi connectivity index (χ2v) is 19.4. The maximum absolute atomic E-state index is 12.8. The van der Waals surface area contributed by atoms with Crippen molar-refractivity contribution in [3.63, 3.8) is 0 Å². The van der Waals surface area contributed by atoms with Crippen LogP contribution in [0.4, 0.5) is 0 Å². The summed E-state index contributed by atoms with van der Waals surface area (Å²) in [7, 11) is -5.13. The van der Waals surface area contributed by atoms with Crippen molar-refractivity contribution in [2.75, 3.05) is 13.2 Å². The van der Waals surface area contributed by atoms with Gasteiger partial charge in [0.05, 0.1) is 6.61 Å². The molecule has 1 rings (SSSR count). The fourth-order valence-electron chi connectivity index (χ4n) is 7.74. The maximum atomic E-state index is 12.8. The molecular formula is C52H93O13P. The lowest BCUT2D eigenvalue weighted by Crippen LogP contribution is -2.64. The summed E-state index contributed by atoms with van der Waals surface area (Å²) in [5.74, 6) is -1.13. The monoisotopic (exact) mass is 957 g/mol. The van der Waals surface area contributed by atoms with E-state index < -0.39 is 75.7 Å². The second kappa shape index (κ2) is 41.8. The summed E-state index contributed by atoms with van der Waals surface area (Å²) in [5, 5.41) is 50.3. The number of aliphatic hydroxyl groups excluding tert-OH is 5. The minimum absolute atomic E-state index is 0.0597. The van der Waals surface area contributed by atoms with Crippen LogP contribution < -0.4 is 0 Å². The zero-order chi connectivity index (χ0) is 48.5. The Morgan fingerprint density at radius 1 is 0.470 bits per heavy atom. The molecule has 0 aromatic rings. The van der Waals surface area contributed by atoms with E-state index in [0.717, 1.165) is 64.2 Å². The van der Waals surface area contributed by atoms with Crippen LogP contribution in [0.25, 0.3) is 0 Å². The third-order valence-electron chi connectivity index (χ3n) is 11.9. The average Bonchev–Trinajstić information content (AvgIpc) is 3.30. The molecule has 1 fully saturated rings. The SMILES string of the molecule is CCCCC/C=C/C/C=C/C/C=C/C/C=C/CCCCCC(=O)O[C@@H](COC(=O)CCCCCCCCCCCCCCCCCCCC)COP(=O)(O)OC1C(O)C(O)C(O)[C@H](O)C1O. The van der Waals surface area contributed by atoms with Gasteiger partial charge in [-0.2, -0.15) is 0 Å². The normalized spacial score (nSPS) is 21.6. The van der Waals surface area contributed by atoms with E-state index in [2.05, 4.69) is 62.5 Å². The molecule has 0 aromatic carbocycles. The molecule has 0 saturated heterocycles. The molecule has 14 heteroatoms. The van der Waals surface area contributed by atoms with E-state index in [-0.39, 0.29) is 12.8 Å². The maximum Gasteiger partial charge on any atom is 0.472 e. The number of hydrogen-bond acceptors (Lipinski definition) is 12. The molecule has 13 nitrogen and oxygen atoms in total. The van der Waals surface area contributed by atoms with Crippen LogP contribution in [0.3, 0.4) is 0 Å². The van der Waals surface area contributed by atoms with E-state index in [1.54, 1.807) is 0 Å².